The van der Waals surface area contributed by atoms with Crippen molar-refractivity contribution in [3.63, 3.8) is 0 Å². The van der Waals surface area contributed by atoms with Gasteiger partial charge >= 0.3 is 0 Å². The zero-order valence-corrected chi connectivity index (χ0v) is 19.8. The predicted molar refractivity (Wildman–Crippen MR) is 132 cm³/mol. The van der Waals surface area contributed by atoms with Gasteiger partial charge < -0.3 is 0 Å². The van der Waals surface area contributed by atoms with Gasteiger partial charge in [-0.1, -0.05) is 55.6 Å². The molecule has 0 bridgehead atoms. The Hall–Kier alpha value is -4.16. The van der Waals surface area contributed by atoms with Crippen molar-refractivity contribution >= 4 is 10.8 Å². The molecule has 0 aliphatic rings. The fourth-order valence-electron chi connectivity index (χ4n) is 3.82. The second kappa shape index (κ2) is 11.3. The van der Waals surface area contributed by atoms with Gasteiger partial charge in [-0.15, -0.1) is 0 Å². The summed E-state index contributed by atoms with van der Waals surface area (Å²) >= 11 is 0. The van der Waals surface area contributed by atoms with Crippen molar-refractivity contribution in [3.8, 4) is 23.7 Å². The molecule has 37 heavy (non-hydrogen) atoms. The molecule has 0 saturated carbocycles. The van der Waals surface area contributed by atoms with Crippen molar-refractivity contribution in [2.24, 2.45) is 0 Å². The van der Waals surface area contributed by atoms with Gasteiger partial charge in [-0.2, -0.15) is 0 Å². The number of hydrogen-bond donors (Lipinski definition) is 0. The number of rotatable bonds is 4. The minimum Gasteiger partial charge on any atom is -0.206 e. The molecular weight excluding hydrogens is 486 g/mol. The van der Waals surface area contributed by atoms with Crippen LogP contribution in [0.25, 0.3) is 10.8 Å². The first kappa shape index (κ1) is 25.9. The van der Waals surface area contributed by atoms with E-state index >= 15 is 0 Å². The molecule has 0 aromatic heterocycles. The van der Waals surface area contributed by atoms with Crippen molar-refractivity contribution in [1.29, 1.82) is 0 Å². The summed E-state index contributed by atoms with van der Waals surface area (Å²) in [6, 6.07) is 11.4. The lowest BCUT2D eigenvalue weighted by molar-refractivity contribution is 0.453. The molecule has 4 rings (SSSR count). The number of unbranched alkanes of at least 4 members (excludes halogenated alkanes) is 2. The SMILES string of the molecule is CCCCCc1ccc(C#Cc2cc(F)c(C#Cc3ccc4c(F)c(F)c(F)cc4c3)c(F)c2)c(F)c1. The summed E-state index contributed by atoms with van der Waals surface area (Å²) in [7, 11) is 0. The van der Waals surface area contributed by atoms with Crippen LogP contribution in [0.2, 0.25) is 0 Å². The van der Waals surface area contributed by atoms with Gasteiger partial charge in [0.05, 0.1) is 11.1 Å². The minimum absolute atomic E-state index is 0.00524. The molecule has 0 atom stereocenters. The second-order valence-corrected chi connectivity index (χ2v) is 8.51. The topological polar surface area (TPSA) is 0 Å². The third kappa shape index (κ3) is 5.98. The van der Waals surface area contributed by atoms with Crippen LogP contribution in [0.15, 0.2) is 54.6 Å². The van der Waals surface area contributed by atoms with Crippen molar-refractivity contribution in [1.82, 2.24) is 0 Å². The number of aryl methyl sites for hydroxylation is 1. The standard InChI is InChI=1S/C31H20F6/c1-2-3-4-5-19-6-10-22(26(32)15-19)11-7-21-16-27(33)25(28(34)17-21)13-9-20-8-12-24-23(14-20)18-29(35)31(37)30(24)36/h6,8,10,12,14-18H,2-5H2,1H3. The average molecular weight is 506 g/mol. The van der Waals surface area contributed by atoms with Crippen LogP contribution in [-0.2, 0) is 6.42 Å². The van der Waals surface area contributed by atoms with Crippen LogP contribution in [0, 0.1) is 58.6 Å². The molecule has 0 saturated heterocycles. The molecule has 4 aromatic carbocycles. The van der Waals surface area contributed by atoms with Gasteiger partial charge in [0, 0.05) is 16.5 Å². The summed E-state index contributed by atoms with van der Waals surface area (Å²) in [5.41, 5.74) is 0.683. The van der Waals surface area contributed by atoms with Crippen LogP contribution in [-0.4, -0.2) is 0 Å². The van der Waals surface area contributed by atoms with Crippen LogP contribution >= 0.6 is 0 Å². The molecule has 6 heteroatoms. The second-order valence-electron chi connectivity index (χ2n) is 8.51. The van der Waals surface area contributed by atoms with Crippen molar-refractivity contribution in [3.05, 3.63) is 117 Å². The van der Waals surface area contributed by atoms with Crippen LogP contribution in [0.5, 0.6) is 0 Å². The van der Waals surface area contributed by atoms with E-state index in [4.69, 9.17) is 0 Å². The molecule has 186 valence electrons. The maximum absolute atomic E-state index is 14.6. The molecule has 0 fully saturated rings. The van der Waals surface area contributed by atoms with Crippen LogP contribution in [0.1, 0.15) is 54.0 Å². The number of fused-ring (bicyclic) bond motifs is 1. The Morgan fingerprint density at radius 2 is 1.32 bits per heavy atom. The third-order valence-corrected chi connectivity index (χ3v) is 5.79. The van der Waals surface area contributed by atoms with Gasteiger partial charge in [0.1, 0.15) is 17.5 Å². The number of halogens is 6. The molecule has 4 aromatic rings. The Labute approximate surface area is 211 Å². The molecule has 0 aliphatic carbocycles. The van der Waals surface area contributed by atoms with Crippen LogP contribution in [0.3, 0.4) is 0 Å². The number of hydrogen-bond acceptors (Lipinski definition) is 0. The smallest absolute Gasteiger partial charge is 0.195 e. The van der Waals surface area contributed by atoms with E-state index in [-0.39, 0.29) is 27.5 Å². The highest BCUT2D eigenvalue weighted by atomic mass is 19.2. The lowest BCUT2D eigenvalue weighted by Crippen LogP contribution is -1.94. The van der Waals surface area contributed by atoms with E-state index in [0.29, 0.717) is 0 Å². The largest absolute Gasteiger partial charge is 0.206 e. The van der Waals surface area contributed by atoms with Gasteiger partial charge in [-0.05, 0) is 66.3 Å². The van der Waals surface area contributed by atoms with Gasteiger partial charge in [-0.3, -0.25) is 0 Å². The Balaban J connectivity index is 1.56. The normalized spacial score (nSPS) is 10.6. The van der Waals surface area contributed by atoms with E-state index in [1.165, 1.54) is 24.3 Å². The summed E-state index contributed by atoms with van der Waals surface area (Å²) in [5.74, 6) is 3.39. The first-order valence-electron chi connectivity index (χ1n) is 11.7. The molecule has 0 amide bonds. The molecular formula is C31H20F6. The first-order valence-corrected chi connectivity index (χ1v) is 11.7. The monoisotopic (exact) mass is 506 g/mol. The molecule has 0 unspecified atom stereocenters. The summed E-state index contributed by atoms with van der Waals surface area (Å²) in [4.78, 5) is 0. The predicted octanol–water partition coefficient (Wildman–Crippen LogP) is 8.21. The maximum atomic E-state index is 14.6. The van der Waals surface area contributed by atoms with Crippen molar-refractivity contribution in [2.45, 2.75) is 32.6 Å². The van der Waals surface area contributed by atoms with Gasteiger partial charge in [-0.25, -0.2) is 26.3 Å². The molecule has 0 nitrogen and oxygen atoms in total. The van der Waals surface area contributed by atoms with Crippen LogP contribution in [0.4, 0.5) is 26.3 Å². The lowest BCUT2D eigenvalue weighted by Gasteiger charge is -2.03. The van der Waals surface area contributed by atoms with E-state index in [2.05, 4.69) is 30.6 Å². The van der Waals surface area contributed by atoms with Gasteiger partial charge in [0.25, 0.3) is 0 Å². The summed E-state index contributed by atoms with van der Waals surface area (Å²) in [5, 5.41) is -0.0942. The lowest BCUT2D eigenvalue weighted by atomic mass is 10.0. The minimum atomic E-state index is -1.58. The Morgan fingerprint density at radius 3 is 2.03 bits per heavy atom. The van der Waals surface area contributed by atoms with E-state index in [0.717, 1.165) is 49.4 Å². The number of benzene rings is 4. The van der Waals surface area contributed by atoms with E-state index in [1.54, 1.807) is 12.1 Å². The maximum Gasteiger partial charge on any atom is 0.195 e. The fraction of sp³-hybridized carbons (Fsp3) is 0.161. The zero-order chi connectivity index (χ0) is 26.5. The van der Waals surface area contributed by atoms with Gasteiger partial charge in [0.2, 0.25) is 0 Å². The average Bonchev–Trinajstić information content (AvgIpc) is 2.86. The summed E-state index contributed by atoms with van der Waals surface area (Å²) < 4.78 is 84.4. The molecule has 0 radical (unpaired) electrons. The molecule has 0 N–H and O–H groups in total. The quantitative estimate of drug-likeness (QED) is 0.113. The third-order valence-electron chi connectivity index (χ3n) is 5.79. The first-order chi connectivity index (χ1) is 17.8. The highest BCUT2D eigenvalue weighted by Gasteiger charge is 2.13. The summed E-state index contributed by atoms with van der Waals surface area (Å²) in [6.45, 7) is 2.09. The van der Waals surface area contributed by atoms with Crippen molar-refractivity contribution < 1.29 is 26.3 Å². The van der Waals surface area contributed by atoms with Gasteiger partial charge in [0.15, 0.2) is 17.5 Å². The van der Waals surface area contributed by atoms with Crippen molar-refractivity contribution in [2.75, 3.05) is 0 Å². The van der Waals surface area contributed by atoms with E-state index in [1.807, 2.05) is 0 Å². The molecule has 0 heterocycles. The fourth-order valence-corrected chi connectivity index (χ4v) is 3.82. The highest BCUT2D eigenvalue weighted by molar-refractivity contribution is 5.84. The molecule has 0 spiro atoms. The Bertz CT molecular complexity index is 1590. The zero-order valence-electron chi connectivity index (χ0n) is 19.8. The Morgan fingerprint density at radius 1 is 0.595 bits per heavy atom. The van der Waals surface area contributed by atoms with E-state index in [9.17, 15) is 26.3 Å². The molecule has 0 aliphatic heterocycles. The van der Waals surface area contributed by atoms with E-state index < -0.39 is 40.5 Å². The highest BCUT2D eigenvalue weighted by Crippen LogP contribution is 2.24. The Kier molecular flexibility index (Phi) is 7.89. The summed E-state index contributed by atoms with van der Waals surface area (Å²) in [6.07, 6.45) is 3.86. The van der Waals surface area contributed by atoms with Crippen LogP contribution < -0.4 is 0 Å².